The minimum absolute atomic E-state index is 0.147. The topological polar surface area (TPSA) is 20.2 Å². The lowest BCUT2D eigenvalue weighted by molar-refractivity contribution is 0.180. The van der Waals surface area contributed by atoms with Gasteiger partial charge < -0.3 is 5.11 Å². The fourth-order valence-electron chi connectivity index (χ4n) is 2.42. The molecule has 1 aliphatic rings. The number of aliphatic hydroxyl groups excluding tert-OH is 1. The van der Waals surface area contributed by atoms with E-state index < -0.39 is 0 Å². The van der Waals surface area contributed by atoms with Crippen LogP contribution in [-0.2, 0) is 6.42 Å². The van der Waals surface area contributed by atoms with Crippen molar-refractivity contribution >= 4 is 0 Å². The van der Waals surface area contributed by atoms with Gasteiger partial charge in [-0.2, -0.15) is 0 Å². The van der Waals surface area contributed by atoms with Crippen LogP contribution >= 0.6 is 0 Å². The number of benzene rings is 1. The Morgan fingerprint density at radius 2 is 1.79 bits per heavy atom. The first-order chi connectivity index (χ1) is 6.60. The molecule has 1 unspecified atom stereocenters. The van der Waals surface area contributed by atoms with Crippen LogP contribution in [0.25, 0.3) is 0 Å². The molecule has 1 atom stereocenters. The van der Waals surface area contributed by atoms with Crippen LogP contribution in [0.4, 0.5) is 0 Å². The Labute approximate surface area is 85.8 Å². The minimum atomic E-state index is 0.147. The molecule has 1 aromatic carbocycles. The normalized spacial score (nSPS) is 28.8. The summed E-state index contributed by atoms with van der Waals surface area (Å²) in [4.78, 5) is 0. The Hall–Kier alpha value is -0.820. The minimum Gasteiger partial charge on any atom is -0.396 e. The molecule has 1 aliphatic carbocycles. The predicted molar refractivity (Wildman–Crippen MR) is 58.1 cm³/mol. The zero-order chi connectivity index (χ0) is 10.2. The molecule has 1 N–H and O–H groups in total. The maximum atomic E-state index is 9.45. The van der Waals surface area contributed by atoms with Gasteiger partial charge >= 0.3 is 0 Å². The summed E-state index contributed by atoms with van der Waals surface area (Å²) in [5, 5.41) is 9.45. The third-order valence-corrected chi connectivity index (χ3v) is 3.78. The van der Waals surface area contributed by atoms with Crippen molar-refractivity contribution in [1.82, 2.24) is 0 Å². The van der Waals surface area contributed by atoms with Gasteiger partial charge in [0.2, 0.25) is 0 Å². The maximum absolute atomic E-state index is 9.45. The first-order valence-electron chi connectivity index (χ1n) is 5.24. The fraction of sp³-hybridized carbons (Fsp3) is 0.538. The molecule has 0 aromatic heterocycles. The van der Waals surface area contributed by atoms with E-state index in [2.05, 4.69) is 38.1 Å². The number of rotatable bonds is 3. The Morgan fingerprint density at radius 1 is 1.21 bits per heavy atom. The molecule has 0 heterocycles. The van der Waals surface area contributed by atoms with Crippen LogP contribution < -0.4 is 0 Å². The third-order valence-electron chi connectivity index (χ3n) is 3.78. The van der Waals surface area contributed by atoms with Gasteiger partial charge in [-0.05, 0) is 23.8 Å². The van der Waals surface area contributed by atoms with Crippen LogP contribution in [0.1, 0.15) is 25.8 Å². The predicted octanol–water partition coefficient (Wildman–Crippen LogP) is 2.64. The number of hydrogen-bond donors (Lipinski definition) is 1. The lowest BCUT2D eigenvalue weighted by atomic mass is 9.89. The Bertz CT molecular complexity index is 315. The maximum Gasteiger partial charge on any atom is 0.0495 e. The van der Waals surface area contributed by atoms with E-state index >= 15 is 0 Å². The number of aliphatic hydroxyl groups is 1. The second-order valence-corrected chi connectivity index (χ2v) is 5.16. The summed E-state index contributed by atoms with van der Waals surface area (Å²) in [5.41, 5.74) is 1.80. The summed E-state index contributed by atoms with van der Waals surface area (Å²) in [6.07, 6.45) is 2.16. The molecule has 76 valence electrons. The average molecular weight is 190 g/mol. The van der Waals surface area contributed by atoms with Gasteiger partial charge in [0, 0.05) is 12.0 Å². The highest BCUT2D eigenvalue weighted by molar-refractivity contribution is 5.22. The lowest BCUT2D eigenvalue weighted by Gasteiger charge is -2.17. The second kappa shape index (κ2) is 3.09. The highest BCUT2D eigenvalue weighted by Gasteiger charge is 2.60. The van der Waals surface area contributed by atoms with E-state index in [1.165, 1.54) is 5.56 Å². The van der Waals surface area contributed by atoms with E-state index in [0.29, 0.717) is 12.0 Å². The van der Waals surface area contributed by atoms with E-state index in [-0.39, 0.29) is 5.41 Å². The van der Waals surface area contributed by atoms with Crippen LogP contribution in [0.5, 0.6) is 0 Å². The van der Waals surface area contributed by atoms with Gasteiger partial charge in [-0.15, -0.1) is 0 Å². The molecular formula is C13H18O. The summed E-state index contributed by atoms with van der Waals surface area (Å²) in [7, 11) is 0. The number of hydrogen-bond acceptors (Lipinski definition) is 1. The van der Waals surface area contributed by atoms with Crippen molar-refractivity contribution in [3.63, 3.8) is 0 Å². The molecule has 0 amide bonds. The van der Waals surface area contributed by atoms with Gasteiger partial charge in [-0.1, -0.05) is 44.2 Å². The summed E-state index contributed by atoms with van der Waals surface area (Å²) < 4.78 is 0. The van der Waals surface area contributed by atoms with Crippen molar-refractivity contribution in [3.8, 4) is 0 Å². The third kappa shape index (κ3) is 1.46. The van der Waals surface area contributed by atoms with E-state index in [0.717, 1.165) is 12.8 Å². The van der Waals surface area contributed by atoms with Crippen LogP contribution in [0, 0.1) is 10.8 Å². The molecule has 0 aliphatic heterocycles. The van der Waals surface area contributed by atoms with Gasteiger partial charge in [-0.3, -0.25) is 0 Å². The van der Waals surface area contributed by atoms with Crippen molar-refractivity contribution < 1.29 is 5.11 Å². The molecule has 1 nitrogen and oxygen atoms in total. The van der Waals surface area contributed by atoms with Crippen molar-refractivity contribution in [2.75, 3.05) is 6.61 Å². The van der Waals surface area contributed by atoms with Crippen molar-refractivity contribution in [1.29, 1.82) is 0 Å². The second-order valence-electron chi connectivity index (χ2n) is 5.16. The Kier molecular flexibility index (Phi) is 2.15. The molecule has 14 heavy (non-hydrogen) atoms. The molecular weight excluding hydrogens is 172 g/mol. The Morgan fingerprint density at radius 3 is 2.21 bits per heavy atom. The quantitative estimate of drug-likeness (QED) is 0.777. The van der Waals surface area contributed by atoms with E-state index in [1.807, 2.05) is 6.07 Å². The van der Waals surface area contributed by atoms with Crippen LogP contribution in [0.3, 0.4) is 0 Å². The largest absolute Gasteiger partial charge is 0.396 e. The average Bonchev–Trinajstić information content (AvgIpc) is 2.70. The smallest absolute Gasteiger partial charge is 0.0495 e. The molecule has 0 spiro atoms. The van der Waals surface area contributed by atoms with Crippen molar-refractivity contribution in [2.24, 2.45) is 10.8 Å². The Balaban J connectivity index is 2.12. The molecule has 1 heteroatoms. The first kappa shape index (κ1) is 9.72. The molecule has 1 fully saturated rings. The highest BCUT2D eigenvalue weighted by Crippen LogP contribution is 2.64. The van der Waals surface area contributed by atoms with Crippen molar-refractivity contribution in [3.05, 3.63) is 35.9 Å². The summed E-state index contributed by atoms with van der Waals surface area (Å²) in [6, 6.07) is 10.5. The van der Waals surface area contributed by atoms with Crippen molar-refractivity contribution in [2.45, 2.75) is 26.7 Å². The van der Waals surface area contributed by atoms with Crippen LogP contribution in [-0.4, -0.2) is 11.7 Å². The van der Waals surface area contributed by atoms with Crippen LogP contribution in [0.15, 0.2) is 30.3 Å². The molecule has 2 rings (SSSR count). The molecule has 0 bridgehead atoms. The monoisotopic (exact) mass is 190 g/mol. The summed E-state index contributed by atoms with van der Waals surface area (Å²) >= 11 is 0. The lowest BCUT2D eigenvalue weighted by Crippen LogP contribution is -2.17. The summed E-state index contributed by atoms with van der Waals surface area (Å²) in [5.74, 6) is 0. The zero-order valence-corrected chi connectivity index (χ0v) is 8.96. The molecule has 1 saturated carbocycles. The zero-order valence-electron chi connectivity index (χ0n) is 8.96. The first-order valence-corrected chi connectivity index (χ1v) is 5.24. The molecule has 1 aromatic rings. The van der Waals surface area contributed by atoms with Gasteiger partial charge in [0.15, 0.2) is 0 Å². The molecule has 0 saturated heterocycles. The van der Waals surface area contributed by atoms with Gasteiger partial charge in [0.25, 0.3) is 0 Å². The highest BCUT2D eigenvalue weighted by atomic mass is 16.3. The van der Waals surface area contributed by atoms with E-state index in [9.17, 15) is 5.11 Å². The van der Waals surface area contributed by atoms with E-state index in [4.69, 9.17) is 0 Å². The van der Waals surface area contributed by atoms with Gasteiger partial charge in [0.05, 0.1) is 0 Å². The summed E-state index contributed by atoms with van der Waals surface area (Å²) in [6.45, 7) is 4.80. The standard InChI is InChI=1S/C13H18O/c1-12(2)9-13(12,10-14)8-11-6-4-3-5-7-11/h3-7,14H,8-10H2,1-2H3. The van der Waals surface area contributed by atoms with E-state index in [1.54, 1.807) is 0 Å². The fourth-order valence-corrected chi connectivity index (χ4v) is 2.42. The van der Waals surface area contributed by atoms with Crippen LogP contribution in [0.2, 0.25) is 0 Å². The molecule has 0 radical (unpaired) electrons. The van der Waals surface area contributed by atoms with Gasteiger partial charge in [0.1, 0.15) is 0 Å². The SMILES string of the molecule is CC1(C)CC1(CO)Cc1ccccc1. The van der Waals surface area contributed by atoms with Gasteiger partial charge in [-0.25, -0.2) is 0 Å².